The summed E-state index contributed by atoms with van der Waals surface area (Å²) in [5, 5.41) is 2.26. The Morgan fingerprint density at radius 2 is 1.66 bits per heavy atom. The van der Waals surface area contributed by atoms with Gasteiger partial charge in [-0.1, -0.05) is 12.1 Å². The first kappa shape index (κ1) is 26.9. The molecule has 38 heavy (non-hydrogen) atoms. The summed E-state index contributed by atoms with van der Waals surface area (Å²) >= 11 is 0.810. The number of aryl methyl sites for hydroxylation is 4. The maximum atomic E-state index is 13.1. The molecule has 1 aliphatic heterocycles. The third-order valence-corrected chi connectivity index (χ3v) is 7.50. The summed E-state index contributed by atoms with van der Waals surface area (Å²) in [6, 6.07) is 12.8. The van der Waals surface area contributed by atoms with Crippen LogP contribution in [0.3, 0.4) is 0 Å². The van der Waals surface area contributed by atoms with Crippen molar-refractivity contribution in [2.24, 2.45) is 0 Å². The van der Waals surface area contributed by atoms with Crippen molar-refractivity contribution in [3.05, 3.63) is 86.6 Å². The predicted octanol–water partition coefficient (Wildman–Crippen LogP) is 5.48. The maximum absolute atomic E-state index is 13.1. The predicted molar refractivity (Wildman–Crippen MR) is 149 cm³/mol. The average Bonchev–Trinajstić information content (AvgIpc) is 3.30. The van der Waals surface area contributed by atoms with Crippen LogP contribution in [-0.4, -0.2) is 46.1 Å². The summed E-state index contributed by atoms with van der Waals surface area (Å²) < 4.78 is 6.86. The van der Waals surface area contributed by atoms with Crippen LogP contribution < -0.4 is 5.32 Å². The fourth-order valence-electron chi connectivity index (χ4n) is 4.34. The number of hydrogen-bond acceptors (Lipinski definition) is 6. The second-order valence-electron chi connectivity index (χ2n) is 9.27. The van der Waals surface area contributed by atoms with Crippen LogP contribution in [0.4, 0.5) is 10.5 Å². The molecule has 4 rings (SSSR count). The van der Waals surface area contributed by atoms with Crippen molar-refractivity contribution in [1.29, 1.82) is 0 Å². The van der Waals surface area contributed by atoms with E-state index < -0.39 is 23.0 Å². The zero-order chi connectivity index (χ0) is 27.7. The normalized spacial score (nSPS) is 14.4. The Bertz CT molecular complexity index is 1520. The monoisotopic (exact) mass is 531 g/mol. The Hall–Kier alpha value is -4.11. The van der Waals surface area contributed by atoms with Crippen LogP contribution >= 0.6 is 11.8 Å². The maximum Gasteiger partial charge on any atom is 0.337 e. The number of nitrogens with one attached hydrogen (secondary N) is 1. The SMILES string of the molecule is COC(=O)c1ccc(C)c(-n2c(C)cc(/C=C3/SC(=O)N(CC(=O)Nc4ccc(C)c(C)c4)C3=O)c2C)c1. The molecule has 1 aliphatic rings. The Morgan fingerprint density at radius 3 is 2.34 bits per heavy atom. The number of amides is 3. The van der Waals surface area contributed by atoms with E-state index in [4.69, 9.17) is 4.74 Å². The van der Waals surface area contributed by atoms with E-state index in [0.717, 1.165) is 56.0 Å². The van der Waals surface area contributed by atoms with E-state index in [1.807, 2.05) is 63.5 Å². The Balaban J connectivity index is 1.56. The first-order valence-electron chi connectivity index (χ1n) is 12.0. The van der Waals surface area contributed by atoms with Crippen molar-refractivity contribution in [3.8, 4) is 5.69 Å². The number of carbonyl (C=O) groups excluding carboxylic acids is 4. The zero-order valence-electron chi connectivity index (χ0n) is 22.2. The highest BCUT2D eigenvalue weighted by Gasteiger charge is 2.36. The number of aromatic nitrogens is 1. The number of thioether (sulfide) groups is 1. The molecule has 2 heterocycles. The number of ether oxygens (including phenoxy) is 1. The lowest BCUT2D eigenvalue weighted by molar-refractivity contribution is -0.127. The largest absolute Gasteiger partial charge is 0.465 e. The highest BCUT2D eigenvalue weighted by Crippen LogP contribution is 2.34. The lowest BCUT2D eigenvalue weighted by Gasteiger charge is -2.14. The second-order valence-corrected chi connectivity index (χ2v) is 10.3. The fourth-order valence-corrected chi connectivity index (χ4v) is 5.17. The number of hydrogen-bond donors (Lipinski definition) is 1. The van der Waals surface area contributed by atoms with Gasteiger partial charge in [-0.15, -0.1) is 0 Å². The van der Waals surface area contributed by atoms with Gasteiger partial charge in [0.15, 0.2) is 0 Å². The van der Waals surface area contributed by atoms with E-state index in [2.05, 4.69) is 5.32 Å². The molecule has 1 aromatic heterocycles. The van der Waals surface area contributed by atoms with Gasteiger partial charge in [0.25, 0.3) is 11.1 Å². The van der Waals surface area contributed by atoms with Gasteiger partial charge in [0.05, 0.1) is 17.6 Å². The third-order valence-electron chi connectivity index (χ3n) is 6.59. The van der Waals surface area contributed by atoms with Crippen molar-refractivity contribution in [2.45, 2.75) is 34.6 Å². The van der Waals surface area contributed by atoms with E-state index in [1.54, 1.807) is 24.3 Å². The Morgan fingerprint density at radius 1 is 0.947 bits per heavy atom. The molecule has 1 N–H and O–H groups in total. The standard InChI is InChI=1S/C29H29N3O5S/c1-16-8-10-23(11-18(16)3)30-26(33)15-31-27(34)25(38-29(31)36)14-22-12-19(4)32(20(22)5)24-13-21(28(35)37-6)9-7-17(24)2/h7-14H,15H2,1-6H3,(H,30,33)/b25-14+. The van der Waals surface area contributed by atoms with Crippen molar-refractivity contribution in [1.82, 2.24) is 9.47 Å². The molecular weight excluding hydrogens is 502 g/mol. The molecule has 0 unspecified atom stereocenters. The molecule has 3 amide bonds. The quantitative estimate of drug-likeness (QED) is 0.334. The van der Waals surface area contributed by atoms with Crippen molar-refractivity contribution in [3.63, 3.8) is 0 Å². The van der Waals surface area contributed by atoms with Gasteiger partial charge in [-0.25, -0.2) is 4.79 Å². The molecular formula is C29H29N3O5S. The van der Waals surface area contributed by atoms with Gasteiger partial charge in [0, 0.05) is 22.8 Å². The lowest BCUT2D eigenvalue weighted by atomic mass is 10.1. The molecule has 3 aromatic rings. The number of imide groups is 1. The van der Waals surface area contributed by atoms with Gasteiger partial charge < -0.3 is 14.6 Å². The van der Waals surface area contributed by atoms with Crippen LogP contribution in [-0.2, 0) is 14.3 Å². The molecule has 0 atom stereocenters. The molecule has 0 spiro atoms. The van der Waals surface area contributed by atoms with E-state index >= 15 is 0 Å². The first-order valence-corrected chi connectivity index (χ1v) is 12.8. The topological polar surface area (TPSA) is 97.7 Å². The van der Waals surface area contributed by atoms with E-state index in [-0.39, 0.29) is 11.4 Å². The molecule has 0 saturated carbocycles. The van der Waals surface area contributed by atoms with Gasteiger partial charge >= 0.3 is 5.97 Å². The van der Waals surface area contributed by atoms with Gasteiger partial charge in [0.1, 0.15) is 6.54 Å². The van der Waals surface area contributed by atoms with Gasteiger partial charge in [-0.05, 0) is 105 Å². The molecule has 0 aliphatic carbocycles. The van der Waals surface area contributed by atoms with Crippen LogP contribution in [0.15, 0.2) is 47.4 Å². The molecule has 2 aromatic carbocycles. The molecule has 0 bridgehead atoms. The molecule has 8 nitrogen and oxygen atoms in total. The summed E-state index contributed by atoms with van der Waals surface area (Å²) in [6.07, 6.45) is 1.67. The van der Waals surface area contributed by atoms with Crippen LogP contribution in [0.25, 0.3) is 11.8 Å². The molecule has 0 radical (unpaired) electrons. The Kier molecular flexibility index (Phi) is 7.59. The van der Waals surface area contributed by atoms with Crippen LogP contribution in [0.2, 0.25) is 0 Å². The fraction of sp³-hybridized carbons (Fsp3) is 0.241. The van der Waals surface area contributed by atoms with E-state index in [9.17, 15) is 19.2 Å². The van der Waals surface area contributed by atoms with Crippen molar-refractivity contribution in [2.75, 3.05) is 19.0 Å². The van der Waals surface area contributed by atoms with Crippen molar-refractivity contribution < 1.29 is 23.9 Å². The lowest BCUT2D eigenvalue weighted by Crippen LogP contribution is -2.36. The average molecular weight is 532 g/mol. The minimum absolute atomic E-state index is 0.245. The van der Waals surface area contributed by atoms with Crippen LogP contribution in [0.1, 0.15) is 44.0 Å². The summed E-state index contributed by atoms with van der Waals surface area (Å²) in [5.74, 6) is -1.39. The summed E-state index contributed by atoms with van der Waals surface area (Å²) in [6.45, 7) is 9.34. The molecule has 196 valence electrons. The molecule has 9 heteroatoms. The van der Waals surface area contributed by atoms with E-state index in [0.29, 0.717) is 11.3 Å². The smallest absolute Gasteiger partial charge is 0.337 e. The number of nitrogens with zero attached hydrogens (tertiary/aromatic N) is 2. The van der Waals surface area contributed by atoms with Gasteiger partial charge in [0.2, 0.25) is 5.91 Å². The summed E-state index contributed by atoms with van der Waals surface area (Å²) in [4.78, 5) is 51.5. The number of rotatable bonds is 6. The minimum Gasteiger partial charge on any atom is -0.465 e. The van der Waals surface area contributed by atoms with Crippen LogP contribution in [0, 0.1) is 34.6 Å². The number of methoxy groups -OCH3 is 1. The summed E-state index contributed by atoms with van der Waals surface area (Å²) in [5.41, 5.74) is 7.45. The van der Waals surface area contributed by atoms with Gasteiger partial charge in [-0.2, -0.15) is 0 Å². The summed E-state index contributed by atoms with van der Waals surface area (Å²) in [7, 11) is 1.34. The number of anilines is 1. The Labute approximate surface area is 225 Å². The zero-order valence-corrected chi connectivity index (χ0v) is 23.0. The van der Waals surface area contributed by atoms with Crippen LogP contribution in [0.5, 0.6) is 0 Å². The highest BCUT2D eigenvalue weighted by atomic mass is 32.2. The molecule has 1 saturated heterocycles. The molecule has 1 fully saturated rings. The van der Waals surface area contributed by atoms with E-state index in [1.165, 1.54) is 7.11 Å². The first-order chi connectivity index (χ1) is 18.0. The second kappa shape index (κ2) is 10.7. The highest BCUT2D eigenvalue weighted by molar-refractivity contribution is 8.18. The number of carbonyl (C=O) groups is 4. The van der Waals surface area contributed by atoms with Gasteiger partial charge in [-0.3, -0.25) is 19.3 Å². The number of esters is 1. The van der Waals surface area contributed by atoms with Crippen molar-refractivity contribution >= 4 is 46.5 Å². The third kappa shape index (κ3) is 5.28. The minimum atomic E-state index is -0.510. The number of benzene rings is 2.